The molecular formula is C18H18ClF3N4O2. The topological polar surface area (TPSA) is 67.2 Å². The average Bonchev–Trinajstić information content (AvgIpc) is 2.63. The Kier molecular flexibility index (Phi) is 5.64. The summed E-state index contributed by atoms with van der Waals surface area (Å²) in [6.45, 7) is 0.289. The van der Waals surface area contributed by atoms with E-state index in [2.05, 4.69) is 10.4 Å². The molecule has 1 fully saturated rings. The fourth-order valence-electron chi connectivity index (χ4n) is 3.12. The second kappa shape index (κ2) is 7.83. The smallest absolute Gasteiger partial charge is 0.323 e. The largest absolute Gasteiger partial charge is 0.324 e. The second-order valence-electron chi connectivity index (χ2n) is 6.80. The van der Waals surface area contributed by atoms with Gasteiger partial charge in [-0.3, -0.25) is 10.1 Å². The molecule has 6 nitrogen and oxygen atoms in total. The van der Waals surface area contributed by atoms with Gasteiger partial charge in [0.15, 0.2) is 17.5 Å². The predicted molar refractivity (Wildman–Crippen MR) is 98.2 cm³/mol. The van der Waals surface area contributed by atoms with Crippen molar-refractivity contribution in [1.82, 2.24) is 14.7 Å². The standard InChI is InChI=1S/C18H18ClF3N4O2/c1-25-15(27)3-2-14(24-25)23-17(28)26-6-4-18(22,5-7-26)10-11-8-12(19)16(21)13(20)9-11/h2-3,8-9H,4-7,10H2,1H3,(H,23,24,28). The third kappa shape index (κ3) is 4.46. The fourth-order valence-corrected chi connectivity index (χ4v) is 3.35. The minimum absolute atomic E-state index is 0.0394. The Morgan fingerprint density at radius 3 is 2.57 bits per heavy atom. The van der Waals surface area contributed by atoms with Gasteiger partial charge in [-0.1, -0.05) is 11.6 Å². The molecule has 1 aliphatic heterocycles. The molecule has 28 heavy (non-hydrogen) atoms. The summed E-state index contributed by atoms with van der Waals surface area (Å²) in [6.07, 6.45) is -0.0444. The van der Waals surface area contributed by atoms with Crippen LogP contribution in [0.1, 0.15) is 18.4 Å². The highest BCUT2D eigenvalue weighted by Gasteiger charge is 2.36. The summed E-state index contributed by atoms with van der Waals surface area (Å²) in [5, 5.41) is 6.08. The van der Waals surface area contributed by atoms with Crippen LogP contribution in [0.5, 0.6) is 0 Å². The van der Waals surface area contributed by atoms with Gasteiger partial charge in [0.2, 0.25) is 0 Å². The summed E-state index contributed by atoms with van der Waals surface area (Å²) in [5.74, 6) is -2.06. The Labute approximate surface area is 163 Å². The summed E-state index contributed by atoms with van der Waals surface area (Å²) >= 11 is 5.62. The van der Waals surface area contributed by atoms with Crippen molar-refractivity contribution in [3.63, 3.8) is 0 Å². The normalized spacial score (nSPS) is 16.1. The molecule has 0 unspecified atom stereocenters. The van der Waals surface area contributed by atoms with E-state index in [0.29, 0.717) is 0 Å². The first kappa shape index (κ1) is 20.2. The van der Waals surface area contributed by atoms with Crippen molar-refractivity contribution in [3.8, 4) is 0 Å². The Bertz CT molecular complexity index is 935. The summed E-state index contributed by atoms with van der Waals surface area (Å²) in [5.41, 5.74) is -1.70. The van der Waals surface area contributed by atoms with Gasteiger partial charge in [0, 0.05) is 32.6 Å². The summed E-state index contributed by atoms with van der Waals surface area (Å²) < 4.78 is 43.0. The molecule has 0 saturated carbocycles. The van der Waals surface area contributed by atoms with Gasteiger partial charge in [-0.25, -0.2) is 22.6 Å². The first-order chi connectivity index (χ1) is 13.2. The van der Waals surface area contributed by atoms with Crippen LogP contribution in [0.15, 0.2) is 29.1 Å². The van der Waals surface area contributed by atoms with Crippen LogP contribution in [0.4, 0.5) is 23.8 Å². The zero-order valence-electron chi connectivity index (χ0n) is 15.0. The number of rotatable bonds is 3. The van der Waals surface area contributed by atoms with E-state index in [4.69, 9.17) is 11.6 Å². The molecule has 1 aromatic carbocycles. The quantitative estimate of drug-likeness (QED) is 0.784. The average molecular weight is 415 g/mol. The SMILES string of the molecule is Cn1nc(NC(=O)N2CCC(F)(Cc3cc(F)c(F)c(Cl)c3)CC2)ccc1=O. The lowest BCUT2D eigenvalue weighted by Crippen LogP contribution is -2.47. The molecule has 0 aliphatic carbocycles. The number of carbonyl (C=O) groups excluding carboxylic acids is 1. The van der Waals surface area contributed by atoms with Crippen molar-refractivity contribution in [3.05, 3.63) is 56.8 Å². The number of nitrogens with one attached hydrogen (secondary N) is 1. The molecule has 1 aromatic heterocycles. The van der Waals surface area contributed by atoms with Gasteiger partial charge in [-0.2, -0.15) is 5.10 Å². The molecule has 1 N–H and O–H groups in total. The van der Waals surface area contributed by atoms with Crippen molar-refractivity contribution >= 4 is 23.4 Å². The first-order valence-corrected chi connectivity index (χ1v) is 8.97. The predicted octanol–water partition coefficient (Wildman–Crippen LogP) is 3.29. The van der Waals surface area contributed by atoms with Gasteiger partial charge >= 0.3 is 6.03 Å². The fraction of sp³-hybridized carbons (Fsp3) is 0.389. The van der Waals surface area contributed by atoms with Crippen LogP contribution < -0.4 is 10.9 Å². The van der Waals surface area contributed by atoms with Crippen molar-refractivity contribution in [2.75, 3.05) is 18.4 Å². The van der Waals surface area contributed by atoms with Gasteiger partial charge in [-0.05, 0) is 36.6 Å². The highest BCUT2D eigenvalue weighted by molar-refractivity contribution is 6.30. The lowest BCUT2D eigenvalue weighted by molar-refractivity contribution is 0.0743. The van der Waals surface area contributed by atoms with E-state index in [1.54, 1.807) is 0 Å². The number of alkyl halides is 1. The van der Waals surface area contributed by atoms with Crippen LogP contribution in [-0.4, -0.2) is 39.5 Å². The van der Waals surface area contributed by atoms with Crippen LogP contribution >= 0.6 is 11.6 Å². The number of hydrogen-bond acceptors (Lipinski definition) is 3. The Morgan fingerprint density at radius 2 is 1.96 bits per heavy atom. The van der Waals surface area contributed by atoms with E-state index in [9.17, 15) is 18.4 Å². The molecule has 3 rings (SSSR count). The summed E-state index contributed by atoms with van der Waals surface area (Å²) in [4.78, 5) is 25.1. The molecule has 0 spiro atoms. The van der Waals surface area contributed by atoms with Gasteiger partial charge in [-0.15, -0.1) is 0 Å². The zero-order chi connectivity index (χ0) is 20.5. The minimum Gasteiger partial charge on any atom is -0.324 e. The third-order valence-corrected chi connectivity index (χ3v) is 4.98. The molecule has 2 aromatic rings. The van der Waals surface area contributed by atoms with E-state index < -0.39 is 23.3 Å². The molecule has 1 saturated heterocycles. The molecule has 10 heteroatoms. The molecule has 1 aliphatic rings. The molecule has 0 bridgehead atoms. The van der Waals surface area contributed by atoms with Crippen LogP contribution in [0.3, 0.4) is 0 Å². The molecule has 2 amide bonds. The summed E-state index contributed by atoms with van der Waals surface area (Å²) in [7, 11) is 1.46. The number of hydrogen-bond donors (Lipinski definition) is 1. The second-order valence-corrected chi connectivity index (χ2v) is 7.21. The highest BCUT2D eigenvalue weighted by atomic mass is 35.5. The number of likely N-dealkylation sites (tertiary alicyclic amines) is 1. The molecule has 0 atom stereocenters. The molecule has 0 radical (unpaired) electrons. The van der Waals surface area contributed by atoms with E-state index in [-0.39, 0.29) is 54.3 Å². The Hall–Kier alpha value is -2.55. The lowest BCUT2D eigenvalue weighted by Gasteiger charge is -2.36. The summed E-state index contributed by atoms with van der Waals surface area (Å²) in [6, 6.07) is 4.36. The van der Waals surface area contributed by atoms with E-state index in [1.165, 1.54) is 30.1 Å². The van der Waals surface area contributed by atoms with Gasteiger partial charge in [0.1, 0.15) is 5.67 Å². The van der Waals surface area contributed by atoms with Crippen LogP contribution in [-0.2, 0) is 13.5 Å². The van der Waals surface area contributed by atoms with Gasteiger partial charge < -0.3 is 4.90 Å². The Morgan fingerprint density at radius 1 is 1.29 bits per heavy atom. The monoisotopic (exact) mass is 414 g/mol. The Balaban J connectivity index is 1.60. The molecule has 2 heterocycles. The number of urea groups is 1. The maximum atomic E-state index is 15.1. The van der Waals surface area contributed by atoms with E-state index >= 15 is 4.39 Å². The number of amides is 2. The van der Waals surface area contributed by atoms with Gasteiger partial charge in [0.25, 0.3) is 5.56 Å². The number of nitrogens with zero attached hydrogens (tertiary/aromatic N) is 3. The maximum Gasteiger partial charge on any atom is 0.323 e. The van der Waals surface area contributed by atoms with E-state index in [0.717, 1.165) is 10.7 Å². The third-order valence-electron chi connectivity index (χ3n) is 4.71. The maximum absolute atomic E-state index is 15.1. The first-order valence-electron chi connectivity index (χ1n) is 8.59. The van der Waals surface area contributed by atoms with Gasteiger partial charge in [0.05, 0.1) is 5.02 Å². The molecule has 150 valence electrons. The number of anilines is 1. The van der Waals surface area contributed by atoms with Crippen LogP contribution in [0.2, 0.25) is 5.02 Å². The number of piperidine rings is 1. The number of aromatic nitrogens is 2. The van der Waals surface area contributed by atoms with Crippen molar-refractivity contribution in [2.24, 2.45) is 7.05 Å². The minimum atomic E-state index is -1.65. The molecular weight excluding hydrogens is 397 g/mol. The van der Waals surface area contributed by atoms with Crippen molar-refractivity contribution in [1.29, 1.82) is 0 Å². The number of carbonyl (C=O) groups is 1. The number of aryl methyl sites for hydroxylation is 1. The van der Waals surface area contributed by atoms with Crippen molar-refractivity contribution in [2.45, 2.75) is 24.9 Å². The lowest BCUT2D eigenvalue weighted by atomic mass is 9.87. The highest BCUT2D eigenvalue weighted by Crippen LogP contribution is 2.32. The van der Waals surface area contributed by atoms with Crippen LogP contribution in [0.25, 0.3) is 0 Å². The van der Waals surface area contributed by atoms with Crippen molar-refractivity contribution < 1.29 is 18.0 Å². The number of benzene rings is 1. The number of halogens is 4. The van der Waals surface area contributed by atoms with E-state index in [1.807, 2.05) is 0 Å². The zero-order valence-corrected chi connectivity index (χ0v) is 15.8. The van der Waals surface area contributed by atoms with Crippen LogP contribution in [0, 0.1) is 11.6 Å².